The summed E-state index contributed by atoms with van der Waals surface area (Å²) >= 11 is 0. The molecule has 11 heteroatoms. The molecule has 0 fully saturated rings. The summed E-state index contributed by atoms with van der Waals surface area (Å²) in [6, 6.07) is 0. The van der Waals surface area contributed by atoms with Gasteiger partial charge in [-0.1, -0.05) is 181 Å². The monoisotopic (exact) mass is 705 g/mol. The first-order chi connectivity index (χ1) is 20.1. The van der Waals surface area contributed by atoms with Gasteiger partial charge in [-0.3, -0.25) is 8.37 Å². The van der Waals surface area contributed by atoms with Crippen LogP contribution in [0.3, 0.4) is 0 Å². The van der Waals surface area contributed by atoms with Gasteiger partial charge in [0.1, 0.15) is 0 Å². The van der Waals surface area contributed by atoms with Gasteiger partial charge in [0.2, 0.25) is 20.8 Å². The molecule has 0 spiro atoms. The SMILES string of the molecule is CCCCCCCCCCCCCCCCOS(=O)(=O)[O-].CCCCCCCCCCCCCCCCOS(=O)(=O)[O-].[Cu+2]. The minimum Gasteiger partial charge on any atom is -0.726 e. The van der Waals surface area contributed by atoms with Crippen molar-refractivity contribution < 1.29 is 51.4 Å². The van der Waals surface area contributed by atoms with Gasteiger partial charge in [0.05, 0.1) is 13.2 Å². The molecule has 0 heterocycles. The van der Waals surface area contributed by atoms with Crippen molar-refractivity contribution in [2.45, 2.75) is 194 Å². The molecule has 0 aromatic heterocycles. The summed E-state index contributed by atoms with van der Waals surface area (Å²) < 4.78 is 69.4. The maximum absolute atomic E-state index is 10.2. The summed E-state index contributed by atoms with van der Waals surface area (Å²) in [6.07, 6.45) is 34.8. The predicted molar refractivity (Wildman–Crippen MR) is 172 cm³/mol. The van der Waals surface area contributed by atoms with E-state index in [4.69, 9.17) is 0 Å². The molecule has 0 unspecified atom stereocenters. The Balaban J connectivity index is -0.000000727. The van der Waals surface area contributed by atoms with Crippen molar-refractivity contribution in [2.75, 3.05) is 13.2 Å². The first-order valence-corrected chi connectivity index (χ1v) is 20.0. The Hall–Kier alpha value is 0.259. The predicted octanol–water partition coefficient (Wildman–Crippen LogP) is 9.89. The van der Waals surface area contributed by atoms with Gasteiger partial charge in [0, 0.05) is 0 Å². The quantitative estimate of drug-likeness (QED) is 0.0292. The maximum atomic E-state index is 10.2. The molecule has 0 aromatic rings. The molecule has 0 N–H and O–H groups in total. The molecule has 265 valence electrons. The Morgan fingerprint density at radius 2 is 0.512 bits per heavy atom. The van der Waals surface area contributed by atoms with E-state index in [9.17, 15) is 25.9 Å². The zero-order chi connectivity index (χ0) is 31.6. The zero-order valence-corrected chi connectivity index (χ0v) is 30.2. The van der Waals surface area contributed by atoms with Gasteiger partial charge in [-0.05, 0) is 12.8 Å². The van der Waals surface area contributed by atoms with Crippen molar-refractivity contribution in [3.63, 3.8) is 0 Å². The molecule has 0 saturated carbocycles. The van der Waals surface area contributed by atoms with Crippen LogP contribution in [0.1, 0.15) is 194 Å². The van der Waals surface area contributed by atoms with Gasteiger partial charge in [-0.25, -0.2) is 16.8 Å². The Morgan fingerprint density at radius 3 is 0.674 bits per heavy atom. The van der Waals surface area contributed by atoms with Crippen LogP contribution in [-0.4, -0.2) is 39.2 Å². The standard InChI is InChI=1S/2C16H34O4S.Cu/c2*1-2-3-4-5-6-7-8-9-10-11-12-13-14-15-16-20-21(17,18)19;/h2*2-16H2,1H3,(H,17,18,19);/q;;+2/p-2. The van der Waals surface area contributed by atoms with Crippen molar-refractivity contribution in [3.8, 4) is 0 Å². The Morgan fingerprint density at radius 1 is 0.349 bits per heavy atom. The summed E-state index contributed by atoms with van der Waals surface area (Å²) in [5.41, 5.74) is 0. The van der Waals surface area contributed by atoms with Gasteiger partial charge in [0.15, 0.2) is 0 Å². The topological polar surface area (TPSA) is 133 Å². The minimum absolute atomic E-state index is 0. The molecule has 0 amide bonds. The van der Waals surface area contributed by atoms with Crippen LogP contribution in [0, 0.1) is 0 Å². The molecule has 0 aromatic carbocycles. The minimum atomic E-state index is -4.49. The number of rotatable bonds is 32. The molecule has 0 aliphatic carbocycles. The van der Waals surface area contributed by atoms with Crippen molar-refractivity contribution in [2.24, 2.45) is 0 Å². The fourth-order valence-electron chi connectivity index (χ4n) is 4.92. The van der Waals surface area contributed by atoms with Crippen molar-refractivity contribution in [3.05, 3.63) is 0 Å². The molecule has 0 atom stereocenters. The van der Waals surface area contributed by atoms with E-state index < -0.39 is 20.8 Å². The van der Waals surface area contributed by atoms with Crippen LogP contribution in [0.4, 0.5) is 0 Å². The van der Waals surface area contributed by atoms with Crippen molar-refractivity contribution in [1.29, 1.82) is 0 Å². The second-order valence-corrected chi connectivity index (χ2v) is 13.8. The van der Waals surface area contributed by atoms with E-state index in [0.717, 1.165) is 25.7 Å². The Kier molecular flexibility index (Phi) is 40.7. The van der Waals surface area contributed by atoms with Gasteiger partial charge in [-0.15, -0.1) is 0 Å². The second kappa shape index (κ2) is 36.7. The summed E-state index contributed by atoms with van der Waals surface area (Å²) in [4.78, 5) is 0. The summed E-state index contributed by atoms with van der Waals surface area (Å²) in [5.74, 6) is 0. The molecule has 0 aliphatic heterocycles. The smallest absolute Gasteiger partial charge is 0.726 e. The molecule has 1 radical (unpaired) electrons. The van der Waals surface area contributed by atoms with Gasteiger partial charge >= 0.3 is 17.1 Å². The fraction of sp³-hybridized carbons (Fsp3) is 1.00. The van der Waals surface area contributed by atoms with Crippen LogP contribution in [0.5, 0.6) is 0 Å². The first-order valence-electron chi connectivity index (χ1n) is 17.3. The molecule has 0 saturated heterocycles. The summed E-state index contributed by atoms with van der Waals surface area (Å²) in [6.45, 7) is 4.56. The molecule has 43 heavy (non-hydrogen) atoms. The van der Waals surface area contributed by atoms with E-state index in [1.54, 1.807) is 0 Å². The third-order valence-electron chi connectivity index (χ3n) is 7.45. The van der Waals surface area contributed by atoms with E-state index in [1.807, 2.05) is 0 Å². The average Bonchev–Trinajstić information content (AvgIpc) is 2.92. The van der Waals surface area contributed by atoms with Crippen LogP contribution >= 0.6 is 0 Å². The fourth-order valence-corrected chi connectivity index (χ4v) is 5.56. The van der Waals surface area contributed by atoms with Crippen LogP contribution in [0.2, 0.25) is 0 Å². The number of hydrogen-bond donors (Lipinski definition) is 0. The third kappa shape index (κ3) is 52.1. The van der Waals surface area contributed by atoms with E-state index in [2.05, 4.69) is 22.2 Å². The Labute approximate surface area is 278 Å². The van der Waals surface area contributed by atoms with E-state index in [-0.39, 0.29) is 30.3 Å². The summed E-state index contributed by atoms with van der Waals surface area (Å²) in [7, 11) is -8.98. The van der Waals surface area contributed by atoms with Crippen LogP contribution < -0.4 is 0 Å². The molecule has 0 bridgehead atoms. The van der Waals surface area contributed by atoms with Crippen LogP contribution in [-0.2, 0) is 46.2 Å². The first kappa shape index (κ1) is 47.7. The second-order valence-electron chi connectivity index (χ2n) is 11.7. The molecular weight excluding hydrogens is 640 g/mol. The Bertz CT molecular complexity index is 672. The largest absolute Gasteiger partial charge is 2.00 e. The molecule has 0 aliphatic rings. The van der Waals surface area contributed by atoms with Crippen molar-refractivity contribution >= 4 is 20.8 Å². The van der Waals surface area contributed by atoms with Gasteiger partial charge < -0.3 is 9.11 Å². The van der Waals surface area contributed by atoms with Crippen LogP contribution in [0.25, 0.3) is 0 Å². The van der Waals surface area contributed by atoms with Crippen LogP contribution in [0.15, 0.2) is 0 Å². The zero-order valence-electron chi connectivity index (χ0n) is 27.6. The number of hydrogen-bond acceptors (Lipinski definition) is 8. The third-order valence-corrected chi connectivity index (χ3v) is 8.36. The molecule has 8 nitrogen and oxygen atoms in total. The van der Waals surface area contributed by atoms with Crippen molar-refractivity contribution in [1.82, 2.24) is 0 Å². The average molecular weight is 707 g/mol. The maximum Gasteiger partial charge on any atom is 2.00 e. The van der Waals surface area contributed by atoms with E-state index in [1.165, 1.54) is 141 Å². The normalized spacial score (nSPS) is 11.6. The van der Waals surface area contributed by atoms with E-state index in [0.29, 0.717) is 12.8 Å². The van der Waals surface area contributed by atoms with Gasteiger partial charge in [-0.2, -0.15) is 0 Å². The van der Waals surface area contributed by atoms with Gasteiger partial charge in [0.25, 0.3) is 0 Å². The summed E-state index contributed by atoms with van der Waals surface area (Å²) in [5, 5.41) is 0. The molecular formula is C32H66CuO8S2. The number of unbranched alkanes of at least 4 members (excludes halogenated alkanes) is 26. The van der Waals surface area contributed by atoms with E-state index >= 15 is 0 Å². The molecule has 0 rings (SSSR count).